The molecule has 0 aromatic heterocycles. The Morgan fingerprint density at radius 1 is 1.00 bits per heavy atom. The molecule has 34 valence electrons. The van der Waals surface area contributed by atoms with Gasteiger partial charge in [-0.25, -0.2) is 0 Å². The normalized spacial score (nSPS) is 4.38. The van der Waals surface area contributed by atoms with Crippen molar-refractivity contribution in [1.82, 2.24) is 0 Å². The molecule has 0 spiro atoms. The maximum absolute atomic E-state index is 8.67. The van der Waals surface area contributed by atoms with Gasteiger partial charge in [-0.3, -0.25) is 9.11 Å². The molecule has 0 unspecified atom stereocenters. The summed E-state index contributed by atoms with van der Waals surface area (Å²) in [4.78, 5) is 0. The Hall–Kier alpha value is 4.07. The van der Waals surface area contributed by atoms with Crippen molar-refractivity contribution in [2.45, 2.75) is 0 Å². The molecule has 2 N–H and O–H groups in total. The van der Waals surface area contributed by atoms with Crippen LogP contribution < -0.4 is 118 Å². The summed E-state index contributed by atoms with van der Waals surface area (Å²) in [5, 5.41) is 0. The molecule has 0 fully saturated rings. The molecule has 0 bridgehead atoms. The van der Waals surface area contributed by atoms with Crippen LogP contribution >= 0.6 is 0 Å². The van der Waals surface area contributed by atoms with E-state index < -0.39 is 11.4 Å². The average Bonchev–Trinajstić information content (AvgIpc) is 0.811. The van der Waals surface area contributed by atoms with Gasteiger partial charge in [0.05, 0.1) is 0 Å². The first-order chi connectivity index (χ1) is 1.73. The Labute approximate surface area is 145 Å². The predicted molar refractivity (Wildman–Crippen MR) is 17.8 cm³/mol. The van der Waals surface area contributed by atoms with Crippen LogP contribution in [0.5, 0.6) is 0 Å². The minimum Gasteiger partial charge on any atom is -1.00 e. The van der Waals surface area contributed by atoms with Gasteiger partial charge in [-0.05, 0) is 0 Å². The molecule has 0 aliphatic rings. The van der Waals surface area contributed by atoms with Crippen molar-refractivity contribution >= 4 is 11.4 Å². The summed E-state index contributed by atoms with van der Waals surface area (Å²) < 4.78 is 22.8. The quantitative estimate of drug-likeness (QED) is 0.286. The second-order valence-corrected chi connectivity index (χ2v) is 0.692. The SMILES string of the molecule is O=S(O)O.[H-].[H-].[H-].[H-].[Na+].[Na+].[Na+].[Na+]. The molecular weight excluding hydrogens is 172 g/mol. The summed E-state index contributed by atoms with van der Waals surface area (Å²) in [6.07, 6.45) is 0. The second-order valence-electron chi connectivity index (χ2n) is 0.231. The molecule has 3 nitrogen and oxygen atoms in total. The van der Waals surface area contributed by atoms with Gasteiger partial charge in [0, 0.05) is 0 Å². The molecule has 8 heavy (non-hydrogen) atoms. The minimum absolute atomic E-state index is 0. The third-order valence-corrected chi connectivity index (χ3v) is 0. The van der Waals surface area contributed by atoms with Crippen molar-refractivity contribution in [3.05, 3.63) is 0 Å². The van der Waals surface area contributed by atoms with Gasteiger partial charge in [-0.1, -0.05) is 0 Å². The Morgan fingerprint density at radius 3 is 1.00 bits per heavy atom. The fraction of sp³-hybridized carbons (Fsp3) is 0. The molecular formula is H6Na4O3S. The van der Waals surface area contributed by atoms with Crippen LogP contribution in [0.25, 0.3) is 0 Å². The van der Waals surface area contributed by atoms with Crippen LogP contribution in [0.1, 0.15) is 5.71 Å². The maximum Gasteiger partial charge on any atom is 1.00 e. The van der Waals surface area contributed by atoms with Crippen LogP contribution in [0.15, 0.2) is 0 Å². The van der Waals surface area contributed by atoms with Crippen molar-refractivity contribution in [3.8, 4) is 0 Å². The number of rotatable bonds is 0. The van der Waals surface area contributed by atoms with Gasteiger partial charge >= 0.3 is 118 Å². The average molecular weight is 178 g/mol. The fourth-order valence-electron chi connectivity index (χ4n) is 0. The van der Waals surface area contributed by atoms with Gasteiger partial charge in [0.2, 0.25) is 0 Å². The van der Waals surface area contributed by atoms with E-state index in [1.54, 1.807) is 0 Å². The first kappa shape index (κ1) is 29.6. The van der Waals surface area contributed by atoms with Crippen molar-refractivity contribution in [3.63, 3.8) is 0 Å². The Kier molecular flexibility index (Phi) is 83.1. The first-order valence-corrected chi connectivity index (χ1v) is 1.60. The molecule has 0 aliphatic heterocycles. The van der Waals surface area contributed by atoms with E-state index in [0.29, 0.717) is 0 Å². The fourth-order valence-corrected chi connectivity index (χ4v) is 0. The molecule has 0 aromatic rings. The van der Waals surface area contributed by atoms with Crippen molar-refractivity contribution < 1.29 is 137 Å². The van der Waals surface area contributed by atoms with E-state index in [0.717, 1.165) is 0 Å². The zero-order valence-corrected chi connectivity index (χ0v) is 14.5. The third-order valence-electron chi connectivity index (χ3n) is 0. The first-order valence-electron chi connectivity index (χ1n) is 0.532. The Balaban J connectivity index is -0.00000000161. The monoisotopic (exact) mass is 178 g/mol. The summed E-state index contributed by atoms with van der Waals surface area (Å²) in [6.45, 7) is 0. The molecule has 0 rings (SSSR count). The van der Waals surface area contributed by atoms with Gasteiger partial charge in [0.15, 0.2) is 0 Å². The standard InChI is InChI=1S/4Na.H2O3S.4H/c;;;;1-4(2)3;;;;/h;;;;(H2,1,2,3);;;;/q4*+1;;4*-1. The Bertz CT molecular complexity index is 45.3. The third kappa shape index (κ3) is 50.0. The predicted octanol–water partition coefficient (Wildman–Crippen LogP) is -11.9. The zero-order valence-electron chi connectivity index (χ0n) is 9.71. The van der Waals surface area contributed by atoms with Crippen LogP contribution in [-0.2, 0) is 11.4 Å². The molecule has 0 heterocycles. The van der Waals surface area contributed by atoms with Crippen LogP contribution in [0, 0.1) is 0 Å². The van der Waals surface area contributed by atoms with E-state index in [4.69, 9.17) is 13.3 Å². The second kappa shape index (κ2) is 22.5. The summed E-state index contributed by atoms with van der Waals surface area (Å²) >= 11 is -2.61. The Morgan fingerprint density at radius 2 is 1.00 bits per heavy atom. The molecule has 0 aromatic carbocycles. The molecule has 0 aliphatic carbocycles. The maximum atomic E-state index is 8.67. The van der Waals surface area contributed by atoms with Gasteiger partial charge in [0.1, 0.15) is 0 Å². The van der Waals surface area contributed by atoms with Crippen LogP contribution in [-0.4, -0.2) is 13.3 Å². The van der Waals surface area contributed by atoms with Crippen molar-refractivity contribution in [2.75, 3.05) is 0 Å². The van der Waals surface area contributed by atoms with Crippen LogP contribution in [0.2, 0.25) is 0 Å². The molecule has 0 radical (unpaired) electrons. The molecule has 0 atom stereocenters. The zero-order chi connectivity index (χ0) is 3.58. The summed E-state index contributed by atoms with van der Waals surface area (Å²) in [5.74, 6) is 0. The molecule has 0 saturated carbocycles. The molecule has 0 amide bonds. The van der Waals surface area contributed by atoms with Crippen molar-refractivity contribution in [2.24, 2.45) is 0 Å². The van der Waals surface area contributed by atoms with Crippen molar-refractivity contribution in [1.29, 1.82) is 0 Å². The summed E-state index contributed by atoms with van der Waals surface area (Å²) in [6, 6.07) is 0. The van der Waals surface area contributed by atoms with E-state index in [-0.39, 0.29) is 124 Å². The topological polar surface area (TPSA) is 57.5 Å². The summed E-state index contributed by atoms with van der Waals surface area (Å²) in [7, 11) is 0. The van der Waals surface area contributed by atoms with E-state index in [1.165, 1.54) is 0 Å². The van der Waals surface area contributed by atoms with Crippen LogP contribution in [0.3, 0.4) is 0 Å². The number of hydrogen-bond acceptors (Lipinski definition) is 1. The molecule has 8 heteroatoms. The van der Waals surface area contributed by atoms with Gasteiger partial charge in [0.25, 0.3) is 11.4 Å². The van der Waals surface area contributed by atoms with Crippen LogP contribution in [0.4, 0.5) is 0 Å². The van der Waals surface area contributed by atoms with Gasteiger partial charge in [-0.15, -0.1) is 0 Å². The van der Waals surface area contributed by atoms with E-state index >= 15 is 0 Å². The minimum atomic E-state index is -2.61. The van der Waals surface area contributed by atoms with E-state index in [9.17, 15) is 0 Å². The van der Waals surface area contributed by atoms with Gasteiger partial charge in [-0.2, -0.15) is 4.21 Å². The van der Waals surface area contributed by atoms with Gasteiger partial charge < -0.3 is 5.71 Å². The largest absolute Gasteiger partial charge is 1.00 e. The smallest absolute Gasteiger partial charge is 1.00 e. The summed E-state index contributed by atoms with van der Waals surface area (Å²) in [5.41, 5.74) is 0. The number of hydrogen-bond donors (Lipinski definition) is 2. The van der Waals surface area contributed by atoms with E-state index in [2.05, 4.69) is 0 Å². The van der Waals surface area contributed by atoms with E-state index in [1.807, 2.05) is 0 Å². The molecule has 0 saturated heterocycles.